The molecule has 1 amide bonds. The predicted molar refractivity (Wildman–Crippen MR) is 120 cm³/mol. The molecule has 0 radical (unpaired) electrons. The minimum absolute atomic E-state index is 0.183. The summed E-state index contributed by atoms with van der Waals surface area (Å²) in [6, 6.07) is 5.92. The van der Waals surface area contributed by atoms with Gasteiger partial charge in [-0.3, -0.25) is 4.90 Å². The van der Waals surface area contributed by atoms with E-state index in [9.17, 15) is 14.3 Å². The Kier molecular flexibility index (Phi) is 6.62. The summed E-state index contributed by atoms with van der Waals surface area (Å²) in [7, 11) is 0. The monoisotopic (exact) mass is 458 g/mol. The van der Waals surface area contributed by atoms with Crippen LogP contribution in [0.1, 0.15) is 24.1 Å². The molecule has 0 spiro atoms. The fourth-order valence-corrected chi connectivity index (χ4v) is 3.92. The molecule has 0 atom stereocenters. The summed E-state index contributed by atoms with van der Waals surface area (Å²) in [4.78, 5) is 16.5. The Hall–Kier alpha value is -3.10. The number of carbonyl (C=O) groups is 1. The van der Waals surface area contributed by atoms with Gasteiger partial charge < -0.3 is 14.7 Å². The zero-order valence-corrected chi connectivity index (χ0v) is 18.3. The first-order valence-corrected chi connectivity index (χ1v) is 10.8. The Labute approximate surface area is 190 Å². The van der Waals surface area contributed by atoms with Crippen LogP contribution < -0.4 is 4.74 Å². The number of halogens is 2. The first-order valence-electron chi connectivity index (χ1n) is 10.4. The average molecular weight is 459 g/mol. The second-order valence-corrected chi connectivity index (χ2v) is 8.14. The molecule has 0 bridgehead atoms. The minimum Gasteiger partial charge on any atom is -0.506 e. The van der Waals surface area contributed by atoms with E-state index in [1.807, 2.05) is 18.2 Å². The second kappa shape index (κ2) is 9.58. The second-order valence-electron chi connectivity index (χ2n) is 7.73. The van der Waals surface area contributed by atoms with E-state index >= 15 is 0 Å². The molecule has 1 N–H and O–H groups in total. The van der Waals surface area contributed by atoms with Gasteiger partial charge in [0.15, 0.2) is 0 Å². The van der Waals surface area contributed by atoms with Crippen molar-refractivity contribution in [1.29, 1.82) is 0 Å². The lowest BCUT2D eigenvalue weighted by Crippen LogP contribution is -2.49. The molecule has 1 aromatic heterocycles. The van der Waals surface area contributed by atoms with Gasteiger partial charge in [-0.1, -0.05) is 24.3 Å². The number of piperazine rings is 1. The van der Waals surface area contributed by atoms with Crippen LogP contribution in [0.5, 0.6) is 5.75 Å². The lowest BCUT2D eigenvalue weighted by atomic mass is 10.1. The summed E-state index contributed by atoms with van der Waals surface area (Å²) < 4.78 is 21.2. The Morgan fingerprint density at radius 1 is 1.19 bits per heavy atom. The maximum atomic E-state index is 14.2. The number of allylic oxidation sites excluding steroid dienone is 3. The SMILES string of the molecule is C=C(O)c1ccn(C(=O)N2CCN(Cc3cc(F)cc(OC4=CCCC=C4Cl)c3)CC2)n1. The number of hydrogen-bond donors (Lipinski definition) is 1. The highest BCUT2D eigenvalue weighted by molar-refractivity contribution is 6.31. The van der Waals surface area contributed by atoms with Crippen molar-refractivity contribution in [2.24, 2.45) is 0 Å². The van der Waals surface area contributed by atoms with Crippen molar-refractivity contribution in [1.82, 2.24) is 19.6 Å². The van der Waals surface area contributed by atoms with E-state index in [1.54, 1.807) is 4.90 Å². The molecule has 2 aliphatic rings. The molecule has 0 unspecified atom stereocenters. The van der Waals surface area contributed by atoms with Crippen molar-refractivity contribution in [2.45, 2.75) is 19.4 Å². The number of rotatable bonds is 5. The van der Waals surface area contributed by atoms with E-state index in [0.29, 0.717) is 49.3 Å². The van der Waals surface area contributed by atoms with Crippen molar-refractivity contribution < 1.29 is 19.0 Å². The van der Waals surface area contributed by atoms with Crippen LogP contribution >= 0.6 is 11.6 Å². The quantitative estimate of drug-likeness (QED) is 0.667. The fourth-order valence-electron chi connectivity index (χ4n) is 3.70. The average Bonchev–Trinajstić information content (AvgIpc) is 3.26. The Balaban J connectivity index is 1.35. The summed E-state index contributed by atoms with van der Waals surface area (Å²) in [5.74, 6) is 0.405. The molecule has 1 aliphatic heterocycles. The molecule has 2 heterocycles. The maximum Gasteiger partial charge on any atom is 0.344 e. The lowest BCUT2D eigenvalue weighted by molar-refractivity contribution is 0.134. The number of amides is 1. The van der Waals surface area contributed by atoms with Gasteiger partial charge in [0.05, 0.1) is 5.03 Å². The highest BCUT2D eigenvalue weighted by Crippen LogP contribution is 2.27. The van der Waals surface area contributed by atoms with Gasteiger partial charge in [-0.2, -0.15) is 9.78 Å². The molecule has 1 aliphatic carbocycles. The van der Waals surface area contributed by atoms with Crippen LogP contribution in [0.2, 0.25) is 0 Å². The third kappa shape index (κ3) is 5.20. The molecule has 0 saturated carbocycles. The van der Waals surface area contributed by atoms with Crippen LogP contribution in [-0.4, -0.2) is 56.9 Å². The zero-order chi connectivity index (χ0) is 22.7. The van der Waals surface area contributed by atoms with Crippen LogP contribution in [0.25, 0.3) is 5.76 Å². The van der Waals surface area contributed by atoms with Gasteiger partial charge in [-0.05, 0) is 42.7 Å². The van der Waals surface area contributed by atoms with Gasteiger partial charge in [0.25, 0.3) is 0 Å². The molecule has 1 fully saturated rings. The molecule has 4 rings (SSSR count). The molecule has 168 valence electrons. The molecule has 32 heavy (non-hydrogen) atoms. The topological polar surface area (TPSA) is 70.8 Å². The van der Waals surface area contributed by atoms with Gasteiger partial charge in [0.2, 0.25) is 0 Å². The van der Waals surface area contributed by atoms with Crippen LogP contribution in [0, 0.1) is 5.82 Å². The van der Waals surface area contributed by atoms with E-state index in [0.717, 1.165) is 18.4 Å². The number of aromatic nitrogens is 2. The standard InChI is InChI=1S/C23H24ClFN4O3/c1-16(30)21-6-7-29(26-21)23(31)28-10-8-27(9-11-28)15-17-12-18(25)14-19(13-17)32-22-5-3-2-4-20(22)24/h4-7,12-14,30H,1-3,8-11,15H2. The fraction of sp³-hybridized carbons (Fsp3) is 0.304. The number of benzene rings is 1. The van der Waals surface area contributed by atoms with Crippen molar-refractivity contribution in [3.63, 3.8) is 0 Å². The zero-order valence-electron chi connectivity index (χ0n) is 17.5. The molecule has 7 nitrogen and oxygen atoms in total. The number of ether oxygens (including phenoxy) is 1. The van der Waals surface area contributed by atoms with Gasteiger partial charge in [0, 0.05) is 45.0 Å². The normalized spacial score (nSPS) is 17.0. The van der Waals surface area contributed by atoms with Crippen LogP contribution in [-0.2, 0) is 6.54 Å². The van der Waals surface area contributed by atoms with E-state index in [-0.39, 0.29) is 23.3 Å². The molecule has 1 saturated heterocycles. The maximum absolute atomic E-state index is 14.2. The summed E-state index contributed by atoms with van der Waals surface area (Å²) in [6.45, 7) is 6.25. The molecule has 1 aromatic carbocycles. The van der Waals surface area contributed by atoms with Crippen LogP contribution in [0.3, 0.4) is 0 Å². The van der Waals surface area contributed by atoms with Gasteiger partial charge in [-0.15, -0.1) is 0 Å². The molecule has 9 heteroatoms. The van der Waals surface area contributed by atoms with Gasteiger partial charge >= 0.3 is 6.03 Å². The first kappa shape index (κ1) is 22.1. The summed E-state index contributed by atoms with van der Waals surface area (Å²) in [5.41, 5.74) is 1.05. The number of carbonyl (C=O) groups excluding carboxylic acids is 1. The van der Waals surface area contributed by atoms with E-state index in [2.05, 4.69) is 16.6 Å². The van der Waals surface area contributed by atoms with Crippen molar-refractivity contribution in [3.8, 4) is 5.75 Å². The minimum atomic E-state index is -0.372. The predicted octanol–water partition coefficient (Wildman–Crippen LogP) is 4.52. The van der Waals surface area contributed by atoms with Crippen LogP contribution in [0.4, 0.5) is 9.18 Å². The van der Waals surface area contributed by atoms with Crippen molar-refractivity contribution in [3.05, 3.63) is 77.1 Å². The Morgan fingerprint density at radius 2 is 1.94 bits per heavy atom. The van der Waals surface area contributed by atoms with E-state index in [1.165, 1.54) is 29.1 Å². The Morgan fingerprint density at radius 3 is 2.62 bits per heavy atom. The van der Waals surface area contributed by atoms with Crippen molar-refractivity contribution >= 4 is 23.4 Å². The third-order valence-electron chi connectivity index (χ3n) is 5.34. The van der Waals surface area contributed by atoms with Crippen molar-refractivity contribution in [2.75, 3.05) is 26.2 Å². The smallest absolute Gasteiger partial charge is 0.344 e. The van der Waals surface area contributed by atoms with Crippen LogP contribution in [0.15, 0.2) is 60.0 Å². The highest BCUT2D eigenvalue weighted by Gasteiger charge is 2.23. The summed E-state index contributed by atoms with van der Waals surface area (Å²) >= 11 is 6.18. The third-order valence-corrected chi connectivity index (χ3v) is 5.68. The van der Waals surface area contributed by atoms with E-state index < -0.39 is 0 Å². The molecular formula is C23H24ClFN4O3. The summed E-state index contributed by atoms with van der Waals surface area (Å²) in [5, 5.41) is 14.0. The number of aliphatic hydroxyl groups is 1. The number of aliphatic hydroxyl groups excluding tert-OH is 1. The first-order chi connectivity index (χ1) is 15.4. The van der Waals surface area contributed by atoms with E-state index in [4.69, 9.17) is 16.3 Å². The number of nitrogens with zero attached hydrogens (tertiary/aromatic N) is 4. The summed E-state index contributed by atoms with van der Waals surface area (Å²) in [6.07, 6.45) is 7.01. The largest absolute Gasteiger partial charge is 0.506 e. The molecule has 2 aromatic rings. The Bertz CT molecular complexity index is 1090. The van der Waals surface area contributed by atoms with Gasteiger partial charge in [0.1, 0.15) is 28.8 Å². The number of hydrogen-bond acceptors (Lipinski definition) is 5. The highest BCUT2D eigenvalue weighted by atomic mass is 35.5. The lowest BCUT2D eigenvalue weighted by Gasteiger charge is -2.34. The van der Waals surface area contributed by atoms with Gasteiger partial charge in [-0.25, -0.2) is 9.18 Å². The molecular weight excluding hydrogens is 435 g/mol.